The molecule has 10 heteroatoms. The molecule has 2 N–H and O–H groups in total. The highest BCUT2D eigenvalue weighted by Gasteiger charge is 2.34. The van der Waals surface area contributed by atoms with E-state index in [1.54, 1.807) is 20.3 Å². The molecular weight excluding hydrogens is 488 g/mol. The second kappa shape index (κ2) is 11.2. The number of nitrogens with zero attached hydrogens (tertiary/aromatic N) is 5. The predicted molar refractivity (Wildman–Crippen MR) is 147 cm³/mol. The summed E-state index contributed by atoms with van der Waals surface area (Å²) in [6.07, 6.45) is 6.64. The monoisotopic (exact) mass is 523 g/mol. The Kier molecular flexibility index (Phi) is 7.99. The number of hydrogen-bond acceptors (Lipinski definition) is 5. The number of aromatic amines is 1. The molecule has 0 aliphatic heterocycles. The zero-order valence-corrected chi connectivity index (χ0v) is 23.0. The highest BCUT2D eigenvalue weighted by atomic mass is 19.1. The molecule has 8 nitrogen and oxygen atoms in total. The predicted octanol–water partition coefficient (Wildman–Crippen LogP) is 6.21. The average molecular weight is 524 g/mol. The van der Waals surface area contributed by atoms with E-state index in [9.17, 15) is 8.78 Å². The van der Waals surface area contributed by atoms with Crippen LogP contribution in [0.5, 0.6) is 5.75 Å². The molecule has 0 spiro atoms. The van der Waals surface area contributed by atoms with Gasteiger partial charge < -0.3 is 19.5 Å². The molecule has 1 aromatic carbocycles. The molecule has 2 aromatic heterocycles. The number of aliphatic imine (C=N–C) groups is 1. The lowest BCUT2D eigenvalue weighted by Crippen LogP contribution is -2.26. The molecule has 1 aliphatic rings. The van der Waals surface area contributed by atoms with Gasteiger partial charge in [-0.15, -0.1) is 0 Å². The summed E-state index contributed by atoms with van der Waals surface area (Å²) in [6, 6.07) is 4.20. The Bertz CT molecular complexity index is 1390. The van der Waals surface area contributed by atoms with Crippen LogP contribution in [-0.2, 0) is 7.05 Å². The van der Waals surface area contributed by atoms with E-state index in [1.807, 2.05) is 30.8 Å². The lowest BCUT2D eigenvalue weighted by atomic mass is 9.93. The number of ether oxygens (including phenoxy) is 1. The van der Waals surface area contributed by atoms with Crippen molar-refractivity contribution in [1.29, 1.82) is 0 Å². The van der Waals surface area contributed by atoms with E-state index in [0.29, 0.717) is 17.5 Å². The normalized spacial score (nSPS) is 15.2. The molecule has 0 radical (unpaired) electrons. The van der Waals surface area contributed by atoms with Crippen molar-refractivity contribution in [3.05, 3.63) is 70.7 Å². The first kappa shape index (κ1) is 27.1. The molecule has 3 aromatic rings. The highest BCUT2D eigenvalue weighted by molar-refractivity contribution is 5.97. The van der Waals surface area contributed by atoms with Crippen LogP contribution in [0.1, 0.15) is 51.4 Å². The second-order valence-corrected chi connectivity index (χ2v) is 9.69. The van der Waals surface area contributed by atoms with Crippen LogP contribution in [0.3, 0.4) is 0 Å². The molecule has 1 saturated carbocycles. The van der Waals surface area contributed by atoms with Gasteiger partial charge in [0.2, 0.25) is 0 Å². The number of anilines is 2. The molecule has 2 heterocycles. The Balaban J connectivity index is 1.90. The Morgan fingerprint density at radius 1 is 1.24 bits per heavy atom. The van der Waals surface area contributed by atoms with E-state index >= 15 is 0 Å². The van der Waals surface area contributed by atoms with E-state index in [1.165, 1.54) is 17.6 Å². The number of allylic oxidation sites excluding steroid dienone is 3. The first-order valence-electron chi connectivity index (χ1n) is 12.7. The Labute approximate surface area is 222 Å². The van der Waals surface area contributed by atoms with Gasteiger partial charge in [0, 0.05) is 55.3 Å². The number of nitrogens with one attached hydrogen (secondary N) is 2. The van der Waals surface area contributed by atoms with Crippen LogP contribution >= 0.6 is 0 Å². The van der Waals surface area contributed by atoms with Crippen LogP contribution in [0.2, 0.25) is 0 Å². The van der Waals surface area contributed by atoms with Gasteiger partial charge in [0.25, 0.3) is 0 Å². The quantitative estimate of drug-likeness (QED) is 0.198. The summed E-state index contributed by atoms with van der Waals surface area (Å²) in [5, 5.41) is 10.7. The molecule has 1 aliphatic carbocycles. The number of aromatic nitrogens is 4. The number of benzene rings is 1. The van der Waals surface area contributed by atoms with Gasteiger partial charge in [0.05, 0.1) is 19.1 Å². The van der Waals surface area contributed by atoms with E-state index in [-0.39, 0.29) is 17.4 Å². The number of hydrogen-bond donors (Lipinski definition) is 2. The van der Waals surface area contributed by atoms with Crippen LogP contribution in [0, 0.1) is 24.5 Å². The lowest BCUT2D eigenvalue weighted by Gasteiger charge is -2.23. The number of imidazole rings is 1. The smallest absolute Gasteiger partial charge is 0.153 e. The van der Waals surface area contributed by atoms with Crippen molar-refractivity contribution in [3.8, 4) is 5.75 Å². The van der Waals surface area contributed by atoms with Crippen LogP contribution in [0.4, 0.5) is 20.3 Å². The van der Waals surface area contributed by atoms with E-state index < -0.39 is 11.6 Å². The third-order valence-corrected chi connectivity index (χ3v) is 6.70. The lowest BCUT2D eigenvalue weighted by molar-refractivity contribution is 0.407. The fraction of sp³-hybridized carbons (Fsp3) is 0.393. The first-order valence-corrected chi connectivity index (χ1v) is 12.7. The highest BCUT2D eigenvalue weighted by Crippen LogP contribution is 2.46. The van der Waals surface area contributed by atoms with Gasteiger partial charge in [0.1, 0.15) is 23.1 Å². The van der Waals surface area contributed by atoms with Gasteiger partial charge in [-0.1, -0.05) is 12.5 Å². The number of H-pyrrole nitrogens is 1. The van der Waals surface area contributed by atoms with Gasteiger partial charge in [0.15, 0.2) is 17.5 Å². The molecule has 0 unspecified atom stereocenters. The van der Waals surface area contributed by atoms with Crippen molar-refractivity contribution in [2.45, 2.75) is 47.0 Å². The molecule has 38 heavy (non-hydrogen) atoms. The molecular formula is C28H35F2N7O. The van der Waals surface area contributed by atoms with Crippen molar-refractivity contribution in [3.63, 3.8) is 0 Å². The van der Waals surface area contributed by atoms with Gasteiger partial charge in [-0.25, -0.2) is 18.8 Å². The molecule has 0 bridgehead atoms. The molecule has 4 rings (SSSR count). The van der Waals surface area contributed by atoms with Crippen molar-refractivity contribution >= 4 is 22.9 Å². The standard InChI is InChI=1S/C28H35F2N7O/c1-8-16(2)25(23-14-36(5)15-31-23)26(19-9-10-19)28(33-24-11-17(3)34-35-24)32-18(4)37(6)27-21(29)12-20(38-7)13-22(27)30/h11-15,19H,8-10H2,1-7H3,(H2,33,34,35)/b25-16+,28-26+,32-18+. The van der Waals surface area contributed by atoms with E-state index in [2.05, 4.69) is 34.3 Å². The minimum Gasteiger partial charge on any atom is -0.497 e. The Hall–Kier alpha value is -3.95. The van der Waals surface area contributed by atoms with Crippen molar-refractivity contribution < 1.29 is 13.5 Å². The average Bonchev–Trinajstić information content (AvgIpc) is 3.50. The first-order chi connectivity index (χ1) is 18.1. The van der Waals surface area contributed by atoms with Gasteiger partial charge in [-0.3, -0.25) is 5.10 Å². The third-order valence-electron chi connectivity index (χ3n) is 6.70. The largest absolute Gasteiger partial charge is 0.497 e. The number of rotatable bonds is 9. The minimum atomic E-state index is -0.737. The molecule has 0 atom stereocenters. The molecule has 0 saturated heterocycles. The molecule has 1 fully saturated rings. The van der Waals surface area contributed by atoms with Crippen LogP contribution in [-0.4, -0.2) is 39.7 Å². The third kappa shape index (κ3) is 5.79. The number of aryl methyl sites for hydroxylation is 2. The topological polar surface area (TPSA) is 83.4 Å². The summed E-state index contributed by atoms with van der Waals surface area (Å²) in [7, 11) is 4.90. The van der Waals surface area contributed by atoms with Crippen molar-refractivity contribution in [1.82, 2.24) is 19.7 Å². The Morgan fingerprint density at radius 3 is 2.42 bits per heavy atom. The van der Waals surface area contributed by atoms with Gasteiger partial charge in [-0.05, 0) is 46.0 Å². The van der Waals surface area contributed by atoms with E-state index in [4.69, 9.17) is 9.73 Å². The van der Waals surface area contributed by atoms with E-state index in [0.717, 1.165) is 53.9 Å². The fourth-order valence-electron chi connectivity index (χ4n) is 4.33. The molecule has 0 amide bonds. The van der Waals surface area contributed by atoms with Crippen LogP contribution in [0.15, 0.2) is 52.7 Å². The van der Waals surface area contributed by atoms with Crippen molar-refractivity contribution in [2.24, 2.45) is 18.0 Å². The summed E-state index contributed by atoms with van der Waals surface area (Å²) < 4.78 is 36.8. The summed E-state index contributed by atoms with van der Waals surface area (Å²) >= 11 is 0. The molecule has 202 valence electrons. The maximum atomic E-state index is 14.9. The maximum absolute atomic E-state index is 14.9. The summed E-state index contributed by atoms with van der Waals surface area (Å²) in [6.45, 7) is 7.86. The second-order valence-electron chi connectivity index (χ2n) is 9.69. The summed E-state index contributed by atoms with van der Waals surface area (Å²) in [4.78, 5) is 11.0. The van der Waals surface area contributed by atoms with Gasteiger partial charge >= 0.3 is 0 Å². The summed E-state index contributed by atoms with van der Waals surface area (Å²) in [5.41, 5.74) is 4.78. The maximum Gasteiger partial charge on any atom is 0.153 e. The Morgan fingerprint density at radius 2 is 1.92 bits per heavy atom. The van der Waals surface area contributed by atoms with Gasteiger partial charge in [-0.2, -0.15) is 5.10 Å². The zero-order valence-electron chi connectivity index (χ0n) is 23.0. The number of amidine groups is 1. The number of methoxy groups -OCH3 is 1. The van der Waals surface area contributed by atoms with Crippen LogP contribution in [0.25, 0.3) is 5.57 Å². The number of halogens is 2. The fourth-order valence-corrected chi connectivity index (χ4v) is 4.33. The van der Waals surface area contributed by atoms with Crippen molar-refractivity contribution in [2.75, 3.05) is 24.4 Å². The zero-order chi connectivity index (χ0) is 27.6. The minimum absolute atomic E-state index is 0.110. The SMILES string of the molecule is CC/C(C)=C(/C(=C(\N=C(/C)N(C)c1c(F)cc(OC)cc1F)Nc1cc(C)[nH]n1)C1CC1)c1cn(C)cn1. The summed E-state index contributed by atoms with van der Waals surface area (Å²) in [5.74, 6) is 0.483. The van der Waals surface area contributed by atoms with Crippen LogP contribution < -0.4 is 15.0 Å².